The number of carbonyl (C=O) groups is 1. The molecule has 1 aliphatic heterocycles. The van der Waals surface area contributed by atoms with Crippen molar-refractivity contribution in [1.29, 1.82) is 0 Å². The molecule has 5 rings (SSSR count). The molecule has 1 amide bonds. The van der Waals surface area contributed by atoms with E-state index >= 15 is 0 Å². The SMILES string of the molecule is Cc1nc2cc(-c3ccc4c(c3)CN(C(=O)c3ccc(Br)s3)CCO4)ccc2[nH]1. The van der Waals surface area contributed by atoms with E-state index in [1.54, 1.807) is 0 Å². The van der Waals surface area contributed by atoms with E-state index in [0.717, 1.165) is 48.0 Å². The summed E-state index contributed by atoms with van der Waals surface area (Å²) in [6.45, 7) is 3.54. The van der Waals surface area contributed by atoms with E-state index in [1.807, 2.05) is 30.0 Å². The van der Waals surface area contributed by atoms with E-state index in [2.05, 4.69) is 56.2 Å². The average Bonchev–Trinajstić information content (AvgIpc) is 3.24. The molecule has 2 aromatic heterocycles. The lowest BCUT2D eigenvalue weighted by Gasteiger charge is -2.19. The zero-order valence-electron chi connectivity index (χ0n) is 15.7. The maximum Gasteiger partial charge on any atom is 0.264 e. The molecule has 0 spiro atoms. The summed E-state index contributed by atoms with van der Waals surface area (Å²) in [7, 11) is 0. The molecule has 0 radical (unpaired) electrons. The Bertz CT molecular complexity index is 1230. The molecule has 2 aromatic carbocycles. The highest BCUT2D eigenvalue weighted by atomic mass is 79.9. The second kappa shape index (κ2) is 7.31. The van der Waals surface area contributed by atoms with E-state index in [1.165, 1.54) is 11.3 Å². The van der Waals surface area contributed by atoms with Crippen molar-refractivity contribution in [3.63, 3.8) is 0 Å². The molecule has 0 aliphatic carbocycles. The molecule has 5 nitrogen and oxygen atoms in total. The second-order valence-corrected chi connectivity index (χ2v) is 9.52. The number of halogens is 1. The standard InChI is InChI=1S/C22H18BrN3O2S/c1-13-24-17-4-2-15(11-18(17)25-13)14-3-5-19-16(10-14)12-26(8-9-28-19)22(27)20-6-7-21(23)29-20/h2-7,10-11H,8-9,12H2,1H3,(H,24,25). The number of aryl methyl sites for hydroxylation is 1. The molecule has 0 fully saturated rings. The maximum atomic E-state index is 12.9. The molecule has 4 aromatic rings. The number of aromatic nitrogens is 2. The summed E-state index contributed by atoms with van der Waals surface area (Å²) in [5.41, 5.74) is 5.18. The minimum atomic E-state index is 0.0379. The van der Waals surface area contributed by atoms with Crippen LogP contribution in [0.2, 0.25) is 0 Å². The number of thiophene rings is 1. The lowest BCUT2D eigenvalue weighted by atomic mass is 10.0. The van der Waals surface area contributed by atoms with Gasteiger partial charge >= 0.3 is 0 Å². The van der Waals surface area contributed by atoms with Gasteiger partial charge in [-0.05, 0) is 70.4 Å². The van der Waals surface area contributed by atoms with Crippen molar-refractivity contribution in [3.05, 3.63) is 68.6 Å². The number of amides is 1. The normalized spacial score (nSPS) is 13.8. The van der Waals surface area contributed by atoms with Crippen LogP contribution in [0.25, 0.3) is 22.2 Å². The summed E-state index contributed by atoms with van der Waals surface area (Å²) in [6, 6.07) is 16.2. The van der Waals surface area contributed by atoms with Crippen LogP contribution in [-0.4, -0.2) is 33.9 Å². The smallest absolute Gasteiger partial charge is 0.264 e. The number of benzene rings is 2. The molecule has 3 heterocycles. The third-order valence-corrected chi connectivity index (χ3v) is 6.66. The predicted molar refractivity (Wildman–Crippen MR) is 119 cm³/mol. The van der Waals surface area contributed by atoms with Crippen LogP contribution in [0, 0.1) is 6.92 Å². The Hall–Kier alpha value is -2.64. The number of rotatable bonds is 2. The van der Waals surface area contributed by atoms with Gasteiger partial charge in [0.1, 0.15) is 18.2 Å². The number of H-pyrrole nitrogens is 1. The highest BCUT2D eigenvalue weighted by Crippen LogP contribution is 2.31. The Kier molecular flexibility index (Phi) is 4.64. The van der Waals surface area contributed by atoms with Crippen LogP contribution < -0.4 is 4.74 Å². The highest BCUT2D eigenvalue weighted by molar-refractivity contribution is 9.11. The highest BCUT2D eigenvalue weighted by Gasteiger charge is 2.22. The third kappa shape index (κ3) is 3.56. The number of hydrogen-bond donors (Lipinski definition) is 1. The van der Waals surface area contributed by atoms with Crippen molar-refractivity contribution in [2.75, 3.05) is 13.2 Å². The topological polar surface area (TPSA) is 58.2 Å². The van der Waals surface area contributed by atoms with E-state index in [9.17, 15) is 4.79 Å². The molecule has 0 saturated heterocycles. The quantitative estimate of drug-likeness (QED) is 0.429. The first-order valence-electron chi connectivity index (χ1n) is 9.34. The van der Waals surface area contributed by atoms with Gasteiger partial charge in [0, 0.05) is 12.1 Å². The van der Waals surface area contributed by atoms with Gasteiger partial charge in [-0.1, -0.05) is 12.1 Å². The van der Waals surface area contributed by atoms with Gasteiger partial charge in [-0.2, -0.15) is 0 Å². The van der Waals surface area contributed by atoms with E-state index < -0.39 is 0 Å². The third-order valence-electron chi connectivity index (χ3n) is 5.05. The number of aromatic amines is 1. The van der Waals surface area contributed by atoms with Gasteiger partial charge in [-0.15, -0.1) is 11.3 Å². The number of nitrogens with one attached hydrogen (secondary N) is 1. The lowest BCUT2D eigenvalue weighted by molar-refractivity contribution is 0.0738. The largest absolute Gasteiger partial charge is 0.491 e. The molecule has 0 bridgehead atoms. The van der Waals surface area contributed by atoms with E-state index in [4.69, 9.17) is 4.74 Å². The summed E-state index contributed by atoms with van der Waals surface area (Å²) in [6.07, 6.45) is 0. The van der Waals surface area contributed by atoms with Gasteiger partial charge in [0.25, 0.3) is 5.91 Å². The number of imidazole rings is 1. The van der Waals surface area contributed by atoms with Gasteiger partial charge in [-0.25, -0.2) is 4.98 Å². The number of fused-ring (bicyclic) bond motifs is 2. The second-order valence-electron chi connectivity index (χ2n) is 7.06. The summed E-state index contributed by atoms with van der Waals surface area (Å²) in [5, 5.41) is 0. The molecule has 0 saturated carbocycles. The number of ether oxygens (including phenoxy) is 1. The maximum absolute atomic E-state index is 12.9. The van der Waals surface area contributed by atoms with Crippen molar-refractivity contribution in [2.45, 2.75) is 13.5 Å². The Morgan fingerprint density at radius 1 is 1.17 bits per heavy atom. The molecule has 146 valence electrons. The number of hydrogen-bond acceptors (Lipinski definition) is 4. The zero-order chi connectivity index (χ0) is 20.0. The summed E-state index contributed by atoms with van der Waals surface area (Å²) in [4.78, 5) is 23.3. The van der Waals surface area contributed by atoms with Crippen molar-refractivity contribution >= 4 is 44.2 Å². The fraction of sp³-hybridized carbons (Fsp3) is 0.182. The number of nitrogens with zero attached hydrogens (tertiary/aromatic N) is 2. The van der Waals surface area contributed by atoms with Crippen LogP contribution in [0.5, 0.6) is 5.75 Å². The molecular weight excluding hydrogens is 450 g/mol. The summed E-state index contributed by atoms with van der Waals surface area (Å²) in [5.74, 6) is 1.78. The van der Waals surface area contributed by atoms with Gasteiger partial charge in [0.2, 0.25) is 0 Å². The zero-order valence-corrected chi connectivity index (χ0v) is 18.1. The summed E-state index contributed by atoms with van der Waals surface area (Å²) < 4.78 is 6.87. The van der Waals surface area contributed by atoms with Crippen molar-refractivity contribution in [2.24, 2.45) is 0 Å². The molecule has 0 unspecified atom stereocenters. The molecule has 29 heavy (non-hydrogen) atoms. The van der Waals surface area contributed by atoms with Crippen LogP contribution in [-0.2, 0) is 6.54 Å². The molecular formula is C22H18BrN3O2S. The van der Waals surface area contributed by atoms with Gasteiger partial charge in [0.15, 0.2) is 0 Å². The first-order chi connectivity index (χ1) is 14.1. The molecule has 7 heteroatoms. The van der Waals surface area contributed by atoms with E-state index in [0.29, 0.717) is 19.7 Å². The van der Waals surface area contributed by atoms with Gasteiger partial charge in [-0.3, -0.25) is 4.79 Å². The summed E-state index contributed by atoms with van der Waals surface area (Å²) >= 11 is 4.89. The Morgan fingerprint density at radius 2 is 2.00 bits per heavy atom. The molecule has 1 aliphatic rings. The monoisotopic (exact) mass is 467 g/mol. The Labute approximate surface area is 180 Å². The Balaban J connectivity index is 1.47. The van der Waals surface area contributed by atoms with Crippen molar-refractivity contribution in [1.82, 2.24) is 14.9 Å². The van der Waals surface area contributed by atoms with Gasteiger partial charge in [0.05, 0.1) is 26.2 Å². The van der Waals surface area contributed by atoms with Crippen LogP contribution in [0.3, 0.4) is 0 Å². The fourth-order valence-electron chi connectivity index (χ4n) is 3.65. The first kappa shape index (κ1) is 18.4. The minimum absolute atomic E-state index is 0.0379. The van der Waals surface area contributed by atoms with E-state index in [-0.39, 0.29) is 5.91 Å². The van der Waals surface area contributed by atoms with Crippen LogP contribution in [0.15, 0.2) is 52.3 Å². The minimum Gasteiger partial charge on any atom is -0.491 e. The molecule has 0 atom stereocenters. The molecule has 1 N–H and O–H groups in total. The van der Waals surface area contributed by atoms with Gasteiger partial charge < -0.3 is 14.6 Å². The van der Waals surface area contributed by atoms with Crippen molar-refractivity contribution in [3.8, 4) is 16.9 Å². The average molecular weight is 468 g/mol. The van der Waals surface area contributed by atoms with Crippen molar-refractivity contribution < 1.29 is 9.53 Å². The van der Waals surface area contributed by atoms with Crippen LogP contribution in [0.4, 0.5) is 0 Å². The Morgan fingerprint density at radius 3 is 2.83 bits per heavy atom. The first-order valence-corrected chi connectivity index (χ1v) is 10.9. The number of carbonyl (C=O) groups excluding carboxylic acids is 1. The van der Waals surface area contributed by atoms with Crippen LogP contribution >= 0.6 is 27.3 Å². The van der Waals surface area contributed by atoms with Crippen LogP contribution in [0.1, 0.15) is 21.1 Å². The predicted octanol–water partition coefficient (Wildman–Crippen LogP) is 5.40. The fourth-order valence-corrected chi connectivity index (χ4v) is 5.00. The lowest BCUT2D eigenvalue weighted by Crippen LogP contribution is -2.31.